The Kier molecular flexibility index (Phi) is 9.75. The summed E-state index contributed by atoms with van der Waals surface area (Å²) in [6.45, 7) is -0.152. The van der Waals surface area contributed by atoms with Gasteiger partial charge in [-0.1, -0.05) is 170 Å². The molecule has 0 unspecified atom stereocenters. The van der Waals surface area contributed by atoms with E-state index in [4.69, 9.17) is 9.47 Å². The van der Waals surface area contributed by atoms with Crippen molar-refractivity contribution in [2.24, 2.45) is 0 Å². The quantitative estimate of drug-likeness (QED) is 0.152. The maximum atomic E-state index is 10.3. The zero-order chi connectivity index (χ0) is 44.1. The lowest BCUT2D eigenvalue weighted by molar-refractivity contribution is 0.283. The first-order valence-electron chi connectivity index (χ1n) is 22.3. The van der Waals surface area contributed by atoms with Crippen molar-refractivity contribution in [3.05, 3.63) is 230 Å². The van der Waals surface area contributed by atoms with Gasteiger partial charge in [-0.05, 0) is 136 Å². The van der Waals surface area contributed by atoms with E-state index in [0.717, 1.165) is 87.6 Å². The van der Waals surface area contributed by atoms with Gasteiger partial charge >= 0.3 is 0 Å². The highest BCUT2D eigenvalue weighted by Gasteiger charge is 2.23. The van der Waals surface area contributed by atoms with Crippen LogP contribution in [-0.4, -0.2) is 10.2 Å². The molecule has 4 heteroatoms. The highest BCUT2D eigenvalue weighted by atomic mass is 16.5. The van der Waals surface area contributed by atoms with Gasteiger partial charge in [0, 0.05) is 21.9 Å². The maximum Gasteiger partial charge on any atom is 0.136 e. The molecule has 2 N–H and O–H groups in total. The lowest BCUT2D eigenvalue weighted by atomic mass is 9.89. The molecule has 0 radical (unpaired) electrons. The van der Waals surface area contributed by atoms with Gasteiger partial charge in [-0.15, -0.1) is 0 Å². The van der Waals surface area contributed by atoms with Gasteiger partial charge in [-0.2, -0.15) is 0 Å². The Balaban J connectivity index is 1.11. The molecule has 0 atom stereocenters. The molecule has 0 aliphatic heterocycles. The van der Waals surface area contributed by atoms with Gasteiger partial charge in [0.1, 0.15) is 23.0 Å². The van der Waals surface area contributed by atoms with E-state index in [2.05, 4.69) is 146 Å². The molecule has 0 bridgehead atoms. The fourth-order valence-corrected chi connectivity index (χ4v) is 9.76. The van der Waals surface area contributed by atoms with E-state index in [1.54, 1.807) is 0 Å². The number of aliphatic hydroxyl groups is 2. The smallest absolute Gasteiger partial charge is 0.136 e. The van der Waals surface area contributed by atoms with Crippen LogP contribution in [0.15, 0.2) is 218 Å². The summed E-state index contributed by atoms with van der Waals surface area (Å²) < 4.78 is 14.3. The molecular weight excluding hydrogens is 809 g/mol. The van der Waals surface area contributed by atoms with Crippen molar-refractivity contribution in [3.63, 3.8) is 0 Å². The third-order valence-corrected chi connectivity index (χ3v) is 13.1. The molecule has 0 heterocycles. The zero-order valence-corrected chi connectivity index (χ0v) is 35.9. The summed E-state index contributed by atoms with van der Waals surface area (Å²) in [5, 5.41) is 33.2. The summed E-state index contributed by atoms with van der Waals surface area (Å²) in [4.78, 5) is 0. The second-order valence-corrected chi connectivity index (χ2v) is 16.9. The Morgan fingerprint density at radius 1 is 0.258 bits per heavy atom. The van der Waals surface area contributed by atoms with Crippen molar-refractivity contribution in [2.45, 2.75) is 13.2 Å². The second-order valence-electron chi connectivity index (χ2n) is 16.9. The van der Waals surface area contributed by atoms with Crippen molar-refractivity contribution in [2.75, 3.05) is 0 Å². The highest BCUT2D eigenvalue weighted by molar-refractivity contribution is 6.12. The number of aliphatic hydroxyl groups excluding tert-OH is 2. The minimum absolute atomic E-state index is 0.0760. The normalized spacial score (nSPS) is 11.6. The van der Waals surface area contributed by atoms with Crippen molar-refractivity contribution in [1.29, 1.82) is 0 Å². The molecule has 12 aromatic carbocycles. The van der Waals surface area contributed by atoms with Crippen LogP contribution in [0.1, 0.15) is 11.1 Å². The number of ether oxygens (including phenoxy) is 2. The first-order valence-corrected chi connectivity index (χ1v) is 22.3. The number of rotatable bonds is 9. The Hall–Kier alpha value is -8.28. The number of fused-ring (bicyclic) bond motifs is 6. The zero-order valence-electron chi connectivity index (χ0n) is 35.9. The molecular formula is C62H42O4. The van der Waals surface area contributed by atoms with Gasteiger partial charge in [0.25, 0.3) is 0 Å². The van der Waals surface area contributed by atoms with Gasteiger partial charge < -0.3 is 19.7 Å². The van der Waals surface area contributed by atoms with E-state index in [0.29, 0.717) is 23.0 Å². The SMILES string of the molecule is OCc1ccc(Oc2ccc3cc(-c4ccc5ccccc5c4)ccc3c2-c2c(Oc3ccc(CO)c4ccccc34)ccc3cc(-c4ccc5ccccc5c4)ccc23)c2ccccc12. The highest BCUT2D eigenvalue weighted by Crippen LogP contribution is 2.50. The van der Waals surface area contributed by atoms with Crippen LogP contribution in [0.4, 0.5) is 0 Å². The van der Waals surface area contributed by atoms with Crippen LogP contribution in [-0.2, 0) is 13.2 Å². The molecule has 0 saturated carbocycles. The molecule has 0 fully saturated rings. The lowest BCUT2D eigenvalue weighted by Gasteiger charge is -2.21. The fraction of sp³-hybridized carbons (Fsp3) is 0.0323. The molecule has 0 aliphatic carbocycles. The van der Waals surface area contributed by atoms with E-state index in [-0.39, 0.29) is 13.2 Å². The van der Waals surface area contributed by atoms with Crippen LogP contribution in [0.25, 0.3) is 98.0 Å². The first-order chi connectivity index (χ1) is 32.6. The predicted octanol–water partition coefficient (Wildman–Crippen LogP) is 16.2. The van der Waals surface area contributed by atoms with Gasteiger partial charge in [0.2, 0.25) is 0 Å². The van der Waals surface area contributed by atoms with Crippen molar-refractivity contribution >= 4 is 64.6 Å². The summed E-state index contributed by atoms with van der Waals surface area (Å²) in [6, 6.07) is 75.9. The van der Waals surface area contributed by atoms with Crippen LogP contribution in [0.5, 0.6) is 23.0 Å². The maximum absolute atomic E-state index is 10.3. The molecule has 314 valence electrons. The Bertz CT molecular complexity index is 3610. The van der Waals surface area contributed by atoms with Crippen LogP contribution in [0.2, 0.25) is 0 Å². The van der Waals surface area contributed by atoms with Crippen LogP contribution < -0.4 is 9.47 Å². The Morgan fingerprint density at radius 2 is 0.591 bits per heavy atom. The molecule has 0 spiro atoms. The molecule has 12 aromatic rings. The molecule has 4 nitrogen and oxygen atoms in total. The van der Waals surface area contributed by atoms with Crippen molar-refractivity contribution in [1.82, 2.24) is 0 Å². The predicted molar refractivity (Wildman–Crippen MR) is 273 cm³/mol. The van der Waals surface area contributed by atoms with Crippen molar-refractivity contribution in [3.8, 4) is 56.4 Å². The average Bonchev–Trinajstić information content (AvgIpc) is 3.38. The van der Waals surface area contributed by atoms with E-state index >= 15 is 0 Å². The van der Waals surface area contributed by atoms with Gasteiger partial charge in [-0.3, -0.25) is 0 Å². The van der Waals surface area contributed by atoms with Crippen LogP contribution in [0.3, 0.4) is 0 Å². The summed E-state index contributed by atoms with van der Waals surface area (Å²) in [5.74, 6) is 2.70. The minimum Gasteiger partial charge on any atom is -0.456 e. The van der Waals surface area contributed by atoms with Crippen molar-refractivity contribution < 1.29 is 19.7 Å². The van der Waals surface area contributed by atoms with Gasteiger partial charge in [-0.25, -0.2) is 0 Å². The van der Waals surface area contributed by atoms with Crippen LogP contribution >= 0.6 is 0 Å². The third-order valence-electron chi connectivity index (χ3n) is 13.1. The second kappa shape index (κ2) is 16.4. The largest absolute Gasteiger partial charge is 0.456 e. The third kappa shape index (κ3) is 6.88. The van der Waals surface area contributed by atoms with E-state index in [9.17, 15) is 10.2 Å². The molecule has 0 aliphatic rings. The number of benzene rings is 12. The molecule has 66 heavy (non-hydrogen) atoms. The first kappa shape index (κ1) is 39.3. The topological polar surface area (TPSA) is 58.9 Å². The number of hydrogen-bond donors (Lipinski definition) is 2. The summed E-state index contributed by atoms with van der Waals surface area (Å²) >= 11 is 0. The molecule has 0 saturated heterocycles. The Labute approximate surface area is 381 Å². The minimum atomic E-state index is -0.0760. The van der Waals surface area contributed by atoms with E-state index in [1.165, 1.54) is 21.5 Å². The summed E-state index contributed by atoms with van der Waals surface area (Å²) in [6.07, 6.45) is 0. The molecule has 12 rings (SSSR count). The molecule has 0 amide bonds. The standard InChI is InChI=1S/C62H42O4/c63-37-49-25-29-57(55-15-7-5-13-51(49)55)65-59-31-23-47-35-45(43-19-17-39-9-1-3-11-41(39)33-43)21-27-53(47)61(59)62-54-28-22-46(44-20-18-40-10-2-4-12-42(40)34-44)36-48(54)24-32-60(62)66-58-30-26-50(38-64)52-14-6-8-16-56(52)58/h1-36,63-64H,37-38H2. The molecule has 0 aromatic heterocycles. The fourth-order valence-electron chi connectivity index (χ4n) is 9.76. The Morgan fingerprint density at radius 3 is 1.02 bits per heavy atom. The lowest BCUT2D eigenvalue weighted by Crippen LogP contribution is -1.97. The summed E-state index contributed by atoms with van der Waals surface area (Å²) in [7, 11) is 0. The number of hydrogen-bond acceptors (Lipinski definition) is 4. The van der Waals surface area contributed by atoms with Gasteiger partial charge in [0.05, 0.1) is 13.2 Å². The van der Waals surface area contributed by atoms with Gasteiger partial charge in [0.15, 0.2) is 0 Å². The monoisotopic (exact) mass is 850 g/mol. The average molecular weight is 851 g/mol. The van der Waals surface area contributed by atoms with E-state index in [1.807, 2.05) is 72.8 Å². The van der Waals surface area contributed by atoms with Crippen LogP contribution in [0, 0.1) is 0 Å². The summed E-state index contributed by atoms with van der Waals surface area (Å²) in [5.41, 5.74) is 7.97. The van der Waals surface area contributed by atoms with E-state index < -0.39 is 0 Å².